The third-order valence-corrected chi connectivity index (χ3v) is 8.41. The SMILES string of the molecule is COc1cc(C(SC)(C(=O)O)c2cccc(C)c2)c(Oc2c(Br)cc(CC(=O)O)cc2Br)cc1C(C)C. The number of carbonyl (C=O) groups is 2. The highest BCUT2D eigenvalue weighted by Crippen LogP contribution is 2.50. The summed E-state index contributed by atoms with van der Waals surface area (Å²) in [6.45, 7) is 5.96. The Morgan fingerprint density at radius 3 is 2.16 bits per heavy atom. The summed E-state index contributed by atoms with van der Waals surface area (Å²) in [5.41, 5.74) is 3.41. The van der Waals surface area contributed by atoms with E-state index in [1.165, 1.54) is 11.8 Å². The van der Waals surface area contributed by atoms with E-state index in [0.717, 1.165) is 11.1 Å². The normalized spacial score (nSPS) is 12.8. The number of aryl methyl sites for hydroxylation is 1. The number of hydrogen-bond donors (Lipinski definition) is 2. The average Bonchev–Trinajstić information content (AvgIpc) is 2.81. The maximum Gasteiger partial charge on any atom is 0.329 e. The Morgan fingerprint density at radius 2 is 1.68 bits per heavy atom. The van der Waals surface area contributed by atoms with Crippen molar-refractivity contribution in [3.63, 3.8) is 0 Å². The first-order chi connectivity index (χ1) is 17.4. The van der Waals surface area contributed by atoms with Gasteiger partial charge in [0.05, 0.1) is 22.5 Å². The fraction of sp³-hybridized carbons (Fsp3) is 0.286. The fourth-order valence-corrected chi connectivity index (χ4v) is 6.59. The van der Waals surface area contributed by atoms with Crippen LogP contribution in [-0.2, 0) is 20.8 Å². The summed E-state index contributed by atoms with van der Waals surface area (Å²) in [7, 11) is 1.56. The molecule has 0 amide bonds. The molecule has 0 saturated carbocycles. The summed E-state index contributed by atoms with van der Waals surface area (Å²) in [5, 5.41) is 19.9. The second-order valence-corrected chi connectivity index (χ2v) is 11.6. The molecule has 0 aliphatic carbocycles. The Kier molecular flexibility index (Phi) is 9.37. The number of aliphatic carboxylic acids is 2. The number of hydrogen-bond acceptors (Lipinski definition) is 5. The lowest BCUT2D eigenvalue weighted by Crippen LogP contribution is -2.34. The van der Waals surface area contributed by atoms with Gasteiger partial charge in [0.2, 0.25) is 0 Å². The number of thioether (sulfide) groups is 1. The quantitative estimate of drug-likeness (QED) is 0.231. The van der Waals surface area contributed by atoms with E-state index < -0.39 is 16.7 Å². The zero-order chi connectivity index (χ0) is 27.5. The summed E-state index contributed by atoms with van der Waals surface area (Å²) in [5.74, 6) is -0.584. The fourth-order valence-electron chi connectivity index (χ4n) is 4.23. The van der Waals surface area contributed by atoms with Crippen LogP contribution < -0.4 is 9.47 Å². The average molecular weight is 652 g/mol. The first-order valence-electron chi connectivity index (χ1n) is 11.4. The third kappa shape index (κ3) is 5.99. The maximum atomic E-state index is 13.1. The number of carboxylic acid groups (broad SMARTS) is 2. The number of rotatable bonds is 10. The van der Waals surface area contributed by atoms with Crippen molar-refractivity contribution >= 4 is 55.6 Å². The summed E-state index contributed by atoms with van der Waals surface area (Å²) in [4.78, 5) is 24.3. The van der Waals surface area contributed by atoms with Crippen LogP contribution in [0.25, 0.3) is 0 Å². The van der Waals surface area contributed by atoms with Crippen molar-refractivity contribution in [3.8, 4) is 17.2 Å². The van der Waals surface area contributed by atoms with E-state index in [1.807, 2.05) is 45.0 Å². The number of halogens is 2. The largest absolute Gasteiger partial charge is 0.496 e. The number of carboxylic acids is 2. The number of ether oxygens (including phenoxy) is 2. The van der Waals surface area contributed by atoms with Crippen LogP contribution in [0.5, 0.6) is 17.2 Å². The highest BCUT2D eigenvalue weighted by molar-refractivity contribution is 9.11. The second kappa shape index (κ2) is 11.9. The molecule has 0 aliphatic rings. The van der Waals surface area contributed by atoms with Gasteiger partial charge in [-0.2, -0.15) is 0 Å². The van der Waals surface area contributed by atoms with Crippen LogP contribution in [0.2, 0.25) is 0 Å². The van der Waals surface area contributed by atoms with Gasteiger partial charge in [-0.05, 0) is 86.3 Å². The Morgan fingerprint density at radius 1 is 1.03 bits per heavy atom. The van der Waals surface area contributed by atoms with Crippen LogP contribution in [0.3, 0.4) is 0 Å². The molecule has 1 unspecified atom stereocenters. The Balaban J connectivity index is 2.34. The van der Waals surface area contributed by atoms with Crippen molar-refractivity contribution < 1.29 is 29.3 Å². The Bertz CT molecular complexity index is 1320. The molecule has 3 aromatic carbocycles. The zero-order valence-corrected chi connectivity index (χ0v) is 25.1. The highest BCUT2D eigenvalue weighted by Gasteiger charge is 2.45. The van der Waals surface area contributed by atoms with Gasteiger partial charge in [0.1, 0.15) is 11.5 Å². The van der Waals surface area contributed by atoms with Crippen LogP contribution in [0.15, 0.2) is 57.5 Å². The van der Waals surface area contributed by atoms with Gasteiger partial charge in [0.15, 0.2) is 10.5 Å². The van der Waals surface area contributed by atoms with E-state index in [1.54, 1.807) is 37.6 Å². The van der Waals surface area contributed by atoms with Gasteiger partial charge in [-0.1, -0.05) is 43.7 Å². The van der Waals surface area contributed by atoms with Crippen LogP contribution in [0.4, 0.5) is 0 Å². The molecular weight excluding hydrogens is 624 g/mol. The molecule has 9 heteroatoms. The molecule has 0 aromatic heterocycles. The van der Waals surface area contributed by atoms with Gasteiger partial charge >= 0.3 is 11.9 Å². The van der Waals surface area contributed by atoms with Gasteiger partial charge in [-0.25, -0.2) is 4.79 Å². The van der Waals surface area contributed by atoms with E-state index in [9.17, 15) is 19.8 Å². The monoisotopic (exact) mass is 650 g/mol. The van der Waals surface area contributed by atoms with Crippen LogP contribution in [0.1, 0.15) is 47.6 Å². The number of methoxy groups -OCH3 is 1. The van der Waals surface area contributed by atoms with E-state index in [4.69, 9.17) is 9.47 Å². The predicted molar refractivity (Wildman–Crippen MR) is 153 cm³/mol. The summed E-state index contributed by atoms with van der Waals surface area (Å²) in [6, 6.07) is 14.4. The van der Waals surface area contributed by atoms with Crippen molar-refractivity contribution in [1.29, 1.82) is 0 Å². The molecule has 6 nitrogen and oxygen atoms in total. The van der Waals surface area contributed by atoms with Crippen LogP contribution in [-0.4, -0.2) is 35.5 Å². The van der Waals surface area contributed by atoms with Crippen molar-refractivity contribution in [3.05, 3.63) is 85.3 Å². The van der Waals surface area contributed by atoms with Gasteiger partial charge in [-0.3, -0.25) is 4.79 Å². The van der Waals surface area contributed by atoms with E-state index in [2.05, 4.69) is 31.9 Å². The van der Waals surface area contributed by atoms with Crippen LogP contribution >= 0.6 is 43.6 Å². The third-order valence-electron chi connectivity index (χ3n) is 5.99. The number of benzene rings is 3. The Labute approximate surface area is 237 Å². The molecule has 0 fully saturated rings. The lowest BCUT2D eigenvalue weighted by molar-refractivity contribution is -0.139. The minimum Gasteiger partial charge on any atom is -0.496 e. The maximum absolute atomic E-state index is 13.1. The van der Waals surface area contributed by atoms with Gasteiger partial charge < -0.3 is 19.7 Å². The summed E-state index contributed by atoms with van der Waals surface area (Å²) in [6.07, 6.45) is 1.61. The second-order valence-electron chi connectivity index (χ2n) is 8.87. The summed E-state index contributed by atoms with van der Waals surface area (Å²) >= 11 is 8.20. The molecule has 0 bridgehead atoms. The molecule has 0 aliphatic heterocycles. The molecule has 3 rings (SSSR count). The molecule has 0 saturated heterocycles. The van der Waals surface area contributed by atoms with Crippen molar-refractivity contribution in [2.45, 2.75) is 37.9 Å². The molecule has 0 heterocycles. The lowest BCUT2D eigenvalue weighted by Gasteiger charge is -2.32. The molecule has 196 valence electrons. The van der Waals surface area contributed by atoms with Gasteiger partial charge in [0.25, 0.3) is 0 Å². The molecule has 0 spiro atoms. The van der Waals surface area contributed by atoms with Gasteiger partial charge in [0, 0.05) is 11.1 Å². The van der Waals surface area contributed by atoms with E-state index >= 15 is 0 Å². The molecule has 0 radical (unpaired) electrons. The van der Waals surface area contributed by atoms with Crippen molar-refractivity contribution in [2.24, 2.45) is 0 Å². The smallest absolute Gasteiger partial charge is 0.329 e. The topological polar surface area (TPSA) is 93.1 Å². The van der Waals surface area contributed by atoms with Gasteiger partial charge in [-0.15, -0.1) is 11.8 Å². The molecule has 2 N–H and O–H groups in total. The minimum atomic E-state index is -1.49. The molecule has 1 atom stereocenters. The molecule has 3 aromatic rings. The minimum absolute atomic E-state index is 0.0728. The van der Waals surface area contributed by atoms with Crippen molar-refractivity contribution in [2.75, 3.05) is 13.4 Å². The predicted octanol–water partition coefficient (Wildman–Crippen LogP) is 7.76. The first-order valence-corrected chi connectivity index (χ1v) is 14.2. The lowest BCUT2D eigenvalue weighted by atomic mass is 9.86. The van der Waals surface area contributed by atoms with Crippen molar-refractivity contribution in [1.82, 2.24) is 0 Å². The zero-order valence-electron chi connectivity index (χ0n) is 21.1. The highest BCUT2D eigenvalue weighted by atomic mass is 79.9. The molecular formula is C28H28Br2O6S. The van der Waals surface area contributed by atoms with Crippen LogP contribution in [0, 0.1) is 6.92 Å². The Hall–Kier alpha value is -2.49. The molecule has 37 heavy (non-hydrogen) atoms. The first kappa shape index (κ1) is 29.1. The summed E-state index contributed by atoms with van der Waals surface area (Å²) < 4.78 is 11.7. The van der Waals surface area contributed by atoms with E-state index in [0.29, 0.717) is 42.9 Å². The van der Waals surface area contributed by atoms with E-state index in [-0.39, 0.29) is 12.3 Å². The standard InChI is InChI=1S/C28H28Br2O6S/c1-15(2)19-13-24(36-26-21(29)10-17(11-22(26)30)12-25(31)32)20(14-23(19)35-4)28(37-5,27(33)34)18-8-6-7-16(3)9-18/h6-11,13-15H,12H2,1-5H3,(H,31,32)(H,33,34).